The van der Waals surface area contributed by atoms with Crippen LogP contribution in [0.25, 0.3) is 10.9 Å². The van der Waals surface area contributed by atoms with E-state index in [0.717, 1.165) is 49.6 Å². The number of amides is 1. The van der Waals surface area contributed by atoms with Crippen LogP contribution < -0.4 is 0 Å². The lowest BCUT2D eigenvalue weighted by Gasteiger charge is -2.37. The van der Waals surface area contributed by atoms with Crippen LogP contribution in [0.1, 0.15) is 63.3 Å². The molecule has 3 heterocycles. The Hall–Kier alpha value is -1.52. The summed E-state index contributed by atoms with van der Waals surface area (Å²) < 4.78 is 0. The average molecular weight is 402 g/mol. The molecule has 0 radical (unpaired) electrons. The number of likely N-dealkylation sites (tertiary alicyclic amines) is 1. The van der Waals surface area contributed by atoms with Crippen molar-refractivity contribution in [1.29, 1.82) is 0 Å². The topological polar surface area (TPSA) is 39.3 Å². The number of benzene rings is 1. The van der Waals surface area contributed by atoms with Crippen molar-refractivity contribution in [3.8, 4) is 0 Å². The summed E-state index contributed by atoms with van der Waals surface area (Å²) in [5.41, 5.74) is 3.71. The quantitative estimate of drug-likeness (QED) is 0.750. The van der Waals surface area contributed by atoms with Crippen molar-refractivity contribution in [2.24, 2.45) is 5.92 Å². The first-order chi connectivity index (χ1) is 13.5. The number of piperidine rings is 1. The minimum atomic E-state index is 0.142. The number of nitrogens with one attached hydrogen (secondary N) is 1. The zero-order valence-electron chi connectivity index (χ0n) is 17.1. The van der Waals surface area contributed by atoms with Crippen LogP contribution in [0.15, 0.2) is 18.2 Å². The number of carbonyl (C=O) groups is 1. The molecule has 0 saturated carbocycles. The molecule has 4 rings (SSSR count). The molecular weight excluding hydrogens is 370 g/mol. The normalized spacial score (nSPS) is 20.7. The Morgan fingerprint density at radius 1 is 1.21 bits per heavy atom. The molecule has 1 unspecified atom stereocenters. The highest BCUT2D eigenvalue weighted by atomic mass is 35.5. The third-order valence-electron chi connectivity index (χ3n) is 6.32. The molecule has 28 heavy (non-hydrogen) atoms. The van der Waals surface area contributed by atoms with Crippen molar-refractivity contribution in [3.05, 3.63) is 34.5 Å². The molecule has 0 aliphatic carbocycles. The minimum absolute atomic E-state index is 0.142. The van der Waals surface area contributed by atoms with E-state index in [1.807, 2.05) is 6.07 Å². The fourth-order valence-electron chi connectivity index (χ4n) is 4.91. The molecule has 2 aliphatic heterocycles. The van der Waals surface area contributed by atoms with Gasteiger partial charge in [0.15, 0.2) is 0 Å². The first-order valence-electron chi connectivity index (χ1n) is 10.8. The van der Waals surface area contributed by atoms with Crippen LogP contribution in [-0.4, -0.2) is 46.9 Å². The number of aromatic nitrogens is 1. The Morgan fingerprint density at radius 3 is 2.75 bits per heavy atom. The monoisotopic (exact) mass is 401 g/mol. The first-order valence-corrected chi connectivity index (χ1v) is 11.2. The number of rotatable bonds is 5. The van der Waals surface area contributed by atoms with Crippen LogP contribution in [-0.2, 0) is 11.2 Å². The number of aromatic amines is 1. The molecule has 1 saturated heterocycles. The van der Waals surface area contributed by atoms with E-state index in [1.54, 1.807) is 0 Å². The molecule has 4 nitrogen and oxygen atoms in total. The van der Waals surface area contributed by atoms with Crippen LogP contribution in [0.3, 0.4) is 0 Å². The third-order valence-corrected chi connectivity index (χ3v) is 6.55. The van der Waals surface area contributed by atoms with Crippen molar-refractivity contribution in [2.75, 3.05) is 26.2 Å². The van der Waals surface area contributed by atoms with Crippen LogP contribution in [0.2, 0.25) is 5.02 Å². The molecule has 2 aliphatic rings. The average Bonchev–Trinajstić information content (AvgIpc) is 3.05. The second-order valence-electron chi connectivity index (χ2n) is 8.84. The number of fused-ring (bicyclic) bond motifs is 3. The zero-order valence-corrected chi connectivity index (χ0v) is 17.9. The van der Waals surface area contributed by atoms with E-state index in [1.165, 1.54) is 35.9 Å². The lowest BCUT2D eigenvalue weighted by atomic mass is 9.91. The Kier molecular flexibility index (Phi) is 5.98. The molecule has 1 amide bonds. The fraction of sp³-hybridized carbons (Fsp3) is 0.609. The van der Waals surface area contributed by atoms with E-state index in [0.29, 0.717) is 18.2 Å². The highest BCUT2D eigenvalue weighted by Gasteiger charge is 2.33. The molecule has 1 aromatic carbocycles. The summed E-state index contributed by atoms with van der Waals surface area (Å²) >= 11 is 6.25. The van der Waals surface area contributed by atoms with Gasteiger partial charge in [-0.25, -0.2) is 0 Å². The van der Waals surface area contributed by atoms with Crippen molar-refractivity contribution in [2.45, 2.75) is 58.4 Å². The number of hydrogen-bond acceptors (Lipinski definition) is 2. The van der Waals surface area contributed by atoms with E-state index >= 15 is 0 Å². The highest BCUT2D eigenvalue weighted by Crippen LogP contribution is 2.38. The lowest BCUT2D eigenvalue weighted by Crippen LogP contribution is -2.42. The van der Waals surface area contributed by atoms with Crippen molar-refractivity contribution < 1.29 is 4.79 Å². The summed E-state index contributed by atoms with van der Waals surface area (Å²) in [5, 5.41) is 1.99. The summed E-state index contributed by atoms with van der Waals surface area (Å²) in [7, 11) is 0. The standard InChI is InChI=1S/C23H32ClN3O/c1-16(2)14-21-23-18(19-15-17(24)6-7-20(19)25-23)8-13-27(21)22(28)9-12-26-10-4-3-5-11-26/h6-7,15-16,21,25H,3-5,8-14H2,1-2H3. The van der Waals surface area contributed by atoms with Gasteiger partial charge in [-0.2, -0.15) is 0 Å². The molecule has 1 N–H and O–H groups in total. The summed E-state index contributed by atoms with van der Waals surface area (Å²) in [6.45, 7) is 8.49. The van der Waals surface area contributed by atoms with Gasteiger partial charge in [-0.05, 0) is 68.5 Å². The van der Waals surface area contributed by atoms with E-state index in [4.69, 9.17) is 11.6 Å². The summed E-state index contributed by atoms with van der Waals surface area (Å²) in [5.74, 6) is 0.835. The largest absolute Gasteiger partial charge is 0.356 e. The number of hydrogen-bond donors (Lipinski definition) is 1. The maximum Gasteiger partial charge on any atom is 0.224 e. The molecule has 0 spiro atoms. The molecule has 5 heteroatoms. The van der Waals surface area contributed by atoms with Gasteiger partial charge in [-0.1, -0.05) is 31.9 Å². The Morgan fingerprint density at radius 2 is 2.00 bits per heavy atom. The van der Waals surface area contributed by atoms with Crippen molar-refractivity contribution in [3.63, 3.8) is 0 Å². The summed E-state index contributed by atoms with van der Waals surface area (Å²) in [4.78, 5) is 21.4. The maximum atomic E-state index is 13.2. The molecule has 1 atom stereocenters. The highest BCUT2D eigenvalue weighted by molar-refractivity contribution is 6.31. The molecule has 152 valence electrons. The van der Waals surface area contributed by atoms with Gasteiger partial charge in [0.25, 0.3) is 0 Å². The number of halogens is 1. The van der Waals surface area contributed by atoms with Gasteiger partial charge in [0.1, 0.15) is 0 Å². The van der Waals surface area contributed by atoms with Gasteiger partial charge >= 0.3 is 0 Å². The van der Waals surface area contributed by atoms with Gasteiger partial charge in [0.05, 0.1) is 6.04 Å². The van der Waals surface area contributed by atoms with Gasteiger partial charge in [-0.15, -0.1) is 0 Å². The van der Waals surface area contributed by atoms with Gasteiger partial charge in [0.2, 0.25) is 5.91 Å². The van der Waals surface area contributed by atoms with E-state index in [9.17, 15) is 4.79 Å². The minimum Gasteiger partial charge on any atom is -0.356 e. The fourth-order valence-corrected chi connectivity index (χ4v) is 5.08. The number of carbonyl (C=O) groups excluding carboxylic acids is 1. The SMILES string of the molecule is CC(C)CC1c2[nH]c3ccc(Cl)cc3c2CCN1C(=O)CCN1CCCCC1. The van der Waals surface area contributed by atoms with Crippen LogP contribution >= 0.6 is 11.6 Å². The predicted octanol–water partition coefficient (Wildman–Crippen LogP) is 5.17. The first kappa shape index (κ1) is 19.8. The molecular formula is C23H32ClN3O. The molecule has 0 bridgehead atoms. The number of nitrogens with zero attached hydrogens (tertiary/aromatic N) is 2. The predicted molar refractivity (Wildman–Crippen MR) is 116 cm³/mol. The van der Waals surface area contributed by atoms with Gasteiger partial charge < -0.3 is 14.8 Å². The summed E-state index contributed by atoms with van der Waals surface area (Å²) in [6, 6.07) is 6.20. The van der Waals surface area contributed by atoms with Gasteiger partial charge in [0, 0.05) is 41.1 Å². The lowest BCUT2D eigenvalue weighted by molar-refractivity contribution is -0.135. The van der Waals surface area contributed by atoms with E-state index < -0.39 is 0 Å². The second-order valence-corrected chi connectivity index (χ2v) is 9.28. The Bertz CT molecular complexity index is 838. The Labute approximate surface area is 173 Å². The summed E-state index contributed by atoms with van der Waals surface area (Å²) in [6.07, 6.45) is 6.41. The Balaban J connectivity index is 1.56. The smallest absolute Gasteiger partial charge is 0.224 e. The molecule has 1 aromatic heterocycles. The van der Waals surface area contributed by atoms with Crippen LogP contribution in [0, 0.1) is 5.92 Å². The maximum absolute atomic E-state index is 13.2. The van der Waals surface area contributed by atoms with Crippen molar-refractivity contribution >= 4 is 28.4 Å². The van der Waals surface area contributed by atoms with Gasteiger partial charge in [-0.3, -0.25) is 4.79 Å². The molecule has 1 fully saturated rings. The van der Waals surface area contributed by atoms with Crippen LogP contribution in [0.4, 0.5) is 0 Å². The van der Waals surface area contributed by atoms with Crippen LogP contribution in [0.5, 0.6) is 0 Å². The number of H-pyrrole nitrogens is 1. The van der Waals surface area contributed by atoms with E-state index in [-0.39, 0.29) is 6.04 Å². The van der Waals surface area contributed by atoms with E-state index in [2.05, 4.69) is 40.8 Å². The van der Waals surface area contributed by atoms with Crippen molar-refractivity contribution in [1.82, 2.24) is 14.8 Å². The molecule has 2 aromatic rings. The second kappa shape index (κ2) is 8.46. The third kappa shape index (κ3) is 4.08. The zero-order chi connectivity index (χ0) is 19.7.